The molecule has 0 spiro atoms. The predicted molar refractivity (Wildman–Crippen MR) is 145 cm³/mol. The smallest absolute Gasteiger partial charge is 0.330 e. The fourth-order valence-electron chi connectivity index (χ4n) is 4.34. The fraction of sp³-hybridized carbons (Fsp3) is 0.250. The van der Waals surface area contributed by atoms with E-state index in [4.69, 9.17) is 32.7 Å². The van der Waals surface area contributed by atoms with Gasteiger partial charge in [-0.05, 0) is 61.7 Å². The van der Waals surface area contributed by atoms with Gasteiger partial charge in [0.1, 0.15) is 11.3 Å². The number of ether oxygens (including phenoxy) is 2. The van der Waals surface area contributed by atoms with Crippen LogP contribution in [0.15, 0.2) is 60.8 Å². The normalized spacial score (nSPS) is 15.0. The molecule has 37 heavy (non-hydrogen) atoms. The van der Waals surface area contributed by atoms with Crippen molar-refractivity contribution in [3.05, 3.63) is 82.0 Å². The van der Waals surface area contributed by atoms with Crippen molar-refractivity contribution in [2.24, 2.45) is 0 Å². The van der Waals surface area contributed by atoms with Gasteiger partial charge in [0.25, 0.3) is 5.91 Å². The van der Waals surface area contributed by atoms with E-state index in [-0.39, 0.29) is 29.2 Å². The van der Waals surface area contributed by atoms with Crippen molar-refractivity contribution < 1.29 is 19.1 Å². The minimum Gasteiger partial charge on any atom is -0.463 e. The van der Waals surface area contributed by atoms with Crippen LogP contribution in [0.2, 0.25) is 10.0 Å². The molecule has 0 radical (unpaired) electrons. The molecule has 1 aromatic heterocycles. The fourth-order valence-corrected chi connectivity index (χ4v) is 4.77. The van der Waals surface area contributed by atoms with Crippen LogP contribution in [0, 0.1) is 0 Å². The Kier molecular flexibility index (Phi) is 7.35. The lowest BCUT2D eigenvalue weighted by atomic mass is 10.1. The SMILES string of the molecule is CCOC(=O)C=Cc1cc(Cl)c(Oc2ncccc2C(=O)N2CCN(C3CC3)c3ccccc32)cc1Cl. The maximum Gasteiger partial charge on any atom is 0.330 e. The third kappa shape index (κ3) is 5.43. The number of amides is 1. The highest BCUT2D eigenvalue weighted by Crippen LogP contribution is 2.41. The molecule has 1 aliphatic carbocycles. The number of carbonyl (C=O) groups is 2. The molecule has 2 heterocycles. The molecule has 5 rings (SSSR count). The highest BCUT2D eigenvalue weighted by Gasteiger charge is 2.36. The number of halogens is 2. The van der Waals surface area contributed by atoms with Gasteiger partial charge in [0.2, 0.25) is 5.88 Å². The van der Waals surface area contributed by atoms with Gasteiger partial charge in [0.15, 0.2) is 0 Å². The van der Waals surface area contributed by atoms with Crippen molar-refractivity contribution in [3.8, 4) is 11.6 Å². The quantitative estimate of drug-likeness (QED) is 0.257. The van der Waals surface area contributed by atoms with E-state index >= 15 is 0 Å². The molecule has 0 bridgehead atoms. The highest BCUT2D eigenvalue weighted by molar-refractivity contribution is 6.35. The summed E-state index contributed by atoms with van der Waals surface area (Å²) in [6, 6.07) is 15.0. The summed E-state index contributed by atoms with van der Waals surface area (Å²) in [6.07, 6.45) is 6.71. The molecule has 3 aromatic rings. The van der Waals surface area contributed by atoms with Crippen molar-refractivity contribution in [1.29, 1.82) is 0 Å². The van der Waals surface area contributed by atoms with Gasteiger partial charge in [-0.15, -0.1) is 0 Å². The number of rotatable bonds is 7. The molecule has 1 aliphatic heterocycles. The topological polar surface area (TPSA) is 72.0 Å². The summed E-state index contributed by atoms with van der Waals surface area (Å²) in [5.74, 6) is -0.317. The minimum absolute atomic E-state index is 0.127. The average molecular weight is 538 g/mol. The predicted octanol–water partition coefficient (Wildman–Crippen LogP) is 6.39. The van der Waals surface area contributed by atoms with E-state index in [1.54, 1.807) is 36.2 Å². The van der Waals surface area contributed by atoms with E-state index in [9.17, 15) is 9.59 Å². The van der Waals surface area contributed by atoms with Crippen LogP contribution in [0.5, 0.6) is 11.6 Å². The van der Waals surface area contributed by atoms with Gasteiger partial charge in [0.05, 0.1) is 28.0 Å². The zero-order valence-electron chi connectivity index (χ0n) is 20.2. The second-order valence-corrected chi connectivity index (χ2v) is 9.53. The highest BCUT2D eigenvalue weighted by atomic mass is 35.5. The lowest BCUT2D eigenvalue weighted by Gasteiger charge is -2.38. The first-order valence-electron chi connectivity index (χ1n) is 12.1. The third-order valence-electron chi connectivity index (χ3n) is 6.22. The number of pyridine rings is 1. The van der Waals surface area contributed by atoms with E-state index in [1.807, 2.05) is 18.2 Å². The monoisotopic (exact) mass is 537 g/mol. The number of aromatic nitrogens is 1. The first-order valence-corrected chi connectivity index (χ1v) is 12.9. The van der Waals surface area contributed by atoms with E-state index in [0.717, 1.165) is 17.9 Å². The minimum atomic E-state index is -0.480. The van der Waals surface area contributed by atoms with Crippen LogP contribution in [0.4, 0.5) is 11.4 Å². The zero-order chi connectivity index (χ0) is 25.9. The summed E-state index contributed by atoms with van der Waals surface area (Å²) in [7, 11) is 0. The van der Waals surface area contributed by atoms with E-state index < -0.39 is 5.97 Å². The molecule has 1 fully saturated rings. The zero-order valence-corrected chi connectivity index (χ0v) is 21.7. The van der Waals surface area contributed by atoms with Gasteiger partial charge in [0, 0.05) is 37.5 Å². The summed E-state index contributed by atoms with van der Waals surface area (Å²) in [5, 5.41) is 0.564. The maximum absolute atomic E-state index is 13.7. The van der Waals surface area contributed by atoms with Gasteiger partial charge in [-0.1, -0.05) is 35.3 Å². The molecule has 190 valence electrons. The van der Waals surface area contributed by atoms with Gasteiger partial charge < -0.3 is 19.3 Å². The number of para-hydroxylation sites is 2. The van der Waals surface area contributed by atoms with Crippen molar-refractivity contribution in [2.75, 3.05) is 29.5 Å². The molecule has 9 heteroatoms. The molecule has 2 aliphatic rings. The molecule has 1 amide bonds. The summed E-state index contributed by atoms with van der Waals surface area (Å²) >= 11 is 12.9. The molecule has 0 N–H and O–H groups in total. The number of carbonyl (C=O) groups excluding carboxylic acids is 2. The van der Waals surface area contributed by atoms with Gasteiger partial charge in [-0.3, -0.25) is 4.79 Å². The Morgan fingerprint density at radius 3 is 2.59 bits per heavy atom. The van der Waals surface area contributed by atoms with Crippen LogP contribution in [-0.4, -0.2) is 42.6 Å². The Balaban J connectivity index is 1.40. The molecule has 1 saturated carbocycles. The van der Waals surface area contributed by atoms with Gasteiger partial charge in [-0.2, -0.15) is 0 Å². The molecule has 0 saturated heterocycles. The number of fused-ring (bicyclic) bond motifs is 1. The molecule has 7 nitrogen and oxygen atoms in total. The Bertz CT molecular complexity index is 1370. The standard InChI is InChI=1S/C28H25Cl2N3O4/c1-2-36-26(34)12-9-18-16-22(30)25(17-21(18)29)37-27-20(6-5-13-31-27)28(35)33-15-14-32(19-10-11-19)23-7-3-4-8-24(23)33/h3-9,12-13,16-17,19H,2,10-11,14-15H2,1H3. The van der Waals surface area contributed by atoms with Crippen LogP contribution in [0.25, 0.3) is 6.08 Å². The first-order chi connectivity index (χ1) is 18.0. The lowest BCUT2D eigenvalue weighted by molar-refractivity contribution is -0.137. The van der Waals surface area contributed by atoms with Crippen LogP contribution in [0.1, 0.15) is 35.7 Å². The van der Waals surface area contributed by atoms with Crippen LogP contribution in [0.3, 0.4) is 0 Å². The van der Waals surface area contributed by atoms with Gasteiger partial charge in [-0.25, -0.2) is 9.78 Å². The molecule has 0 atom stereocenters. The second-order valence-electron chi connectivity index (χ2n) is 8.72. The van der Waals surface area contributed by atoms with E-state index in [1.165, 1.54) is 31.1 Å². The van der Waals surface area contributed by atoms with Crippen molar-refractivity contribution in [3.63, 3.8) is 0 Å². The summed E-state index contributed by atoms with van der Waals surface area (Å²) < 4.78 is 10.9. The van der Waals surface area contributed by atoms with Crippen molar-refractivity contribution in [1.82, 2.24) is 4.98 Å². The summed E-state index contributed by atoms with van der Waals surface area (Å²) in [5.41, 5.74) is 2.78. The number of nitrogens with zero attached hydrogens (tertiary/aromatic N) is 3. The molecular weight excluding hydrogens is 513 g/mol. The largest absolute Gasteiger partial charge is 0.463 e. The van der Waals surface area contributed by atoms with E-state index in [2.05, 4.69) is 16.0 Å². The lowest BCUT2D eigenvalue weighted by Crippen LogP contribution is -2.45. The molecular formula is C28H25Cl2N3O4. The molecule has 2 aromatic carbocycles. The van der Waals surface area contributed by atoms with Crippen LogP contribution in [-0.2, 0) is 9.53 Å². The summed E-state index contributed by atoms with van der Waals surface area (Å²) in [6.45, 7) is 3.34. The number of esters is 1. The number of hydrogen-bond donors (Lipinski definition) is 0. The Morgan fingerprint density at radius 2 is 1.84 bits per heavy atom. The molecule has 0 unspecified atom stereocenters. The van der Waals surface area contributed by atoms with E-state index in [0.29, 0.717) is 28.7 Å². The average Bonchev–Trinajstić information content (AvgIpc) is 3.75. The van der Waals surface area contributed by atoms with Gasteiger partial charge >= 0.3 is 5.97 Å². The number of benzene rings is 2. The number of hydrogen-bond acceptors (Lipinski definition) is 6. The van der Waals surface area contributed by atoms with Crippen LogP contribution >= 0.6 is 23.2 Å². The Hall–Kier alpha value is -3.55. The Morgan fingerprint density at radius 1 is 1.05 bits per heavy atom. The van der Waals surface area contributed by atoms with Crippen molar-refractivity contribution in [2.45, 2.75) is 25.8 Å². The maximum atomic E-state index is 13.7. The first kappa shape index (κ1) is 25.1. The summed E-state index contributed by atoms with van der Waals surface area (Å²) in [4.78, 5) is 33.9. The van der Waals surface area contributed by atoms with Crippen molar-refractivity contribution >= 4 is 52.5 Å². The Labute approximate surface area is 225 Å². The van der Waals surface area contributed by atoms with Crippen LogP contribution < -0.4 is 14.5 Å². The second kappa shape index (κ2) is 10.8. The third-order valence-corrected chi connectivity index (χ3v) is 6.85. The number of anilines is 2.